The summed E-state index contributed by atoms with van der Waals surface area (Å²) in [6.45, 7) is 0. The average Bonchev–Trinajstić information content (AvgIpc) is 2.89. The number of nitrogens with zero attached hydrogens (tertiary/aromatic N) is 4. The zero-order chi connectivity index (χ0) is 14.5. The highest BCUT2D eigenvalue weighted by atomic mass is 16.5. The van der Waals surface area contributed by atoms with E-state index in [9.17, 15) is 0 Å². The van der Waals surface area contributed by atoms with Crippen LogP contribution in [0.2, 0.25) is 0 Å². The van der Waals surface area contributed by atoms with Crippen LogP contribution in [0.4, 0.5) is 0 Å². The Hall–Kier alpha value is -2.19. The second-order valence-corrected chi connectivity index (χ2v) is 4.23. The van der Waals surface area contributed by atoms with E-state index < -0.39 is 0 Å². The second kappa shape index (κ2) is 6.31. The summed E-state index contributed by atoms with van der Waals surface area (Å²) in [6, 6.07) is 5.38. The Balaban J connectivity index is 2.26. The van der Waals surface area contributed by atoms with Crippen molar-refractivity contribution in [2.75, 3.05) is 14.2 Å². The number of benzene rings is 1. The number of aryl methyl sites for hydroxylation is 1. The highest BCUT2D eigenvalue weighted by molar-refractivity contribution is 5.42. The molecule has 20 heavy (non-hydrogen) atoms. The number of rotatable bonds is 6. The number of ether oxygens (including phenoxy) is 2. The number of aromatic nitrogens is 4. The maximum atomic E-state index is 5.63. The van der Waals surface area contributed by atoms with E-state index in [1.165, 1.54) is 4.80 Å². The van der Waals surface area contributed by atoms with Gasteiger partial charge in [-0.05, 0) is 11.3 Å². The van der Waals surface area contributed by atoms with Gasteiger partial charge in [-0.3, -0.25) is 11.3 Å². The maximum absolute atomic E-state index is 5.63. The van der Waals surface area contributed by atoms with Crippen LogP contribution in [-0.4, -0.2) is 34.4 Å². The number of nitrogens with two attached hydrogens (primary N) is 1. The Labute approximate surface area is 116 Å². The maximum Gasteiger partial charge on any atom is 0.176 e. The standard InChI is InChI=1S/C12H18N6O2/c1-18-16-12(15-17-18)7-10(14-13)9-5-4-8(19-2)6-11(9)20-3/h4-6,10,14H,7,13H2,1-3H3. The van der Waals surface area contributed by atoms with E-state index in [1.54, 1.807) is 21.3 Å². The molecule has 0 saturated carbocycles. The SMILES string of the molecule is COc1ccc(C(Cc2nnn(C)n2)NN)c(OC)c1. The first-order valence-corrected chi connectivity index (χ1v) is 6.09. The summed E-state index contributed by atoms with van der Waals surface area (Å²) in [7, 11) is 4.93. The summed E-state index contributed by atoms with van der Waals surface area (Å²) in [4.78, 5) is 1.41. The zero-order valence-corrected chi connectivity index (χ0v) is 11.7. The lowest BCUT2D eigenvalue weighted by Crippen LogP contribution is -2.30. The minimum absolute atomic E-state index is 0.181. The lowest BCUT2D eigenvalue weighted by Gasteiger charge is -2.18. The minimum Gasteiger partial charge on any atom is -0.497 e. The van der Waals surface area contributed by atoms with Gasteiger partial charge in [0.2, 0.25) is 0 Å². The predicted molar refractivity (Wildman–Crippen MR) is 72.1 cm³/mol. The molecule has 1 unspecified atom stereocenters. The predicted octanol–water partition coefficient (Wildman–Crippen LogP) is -0.0256. The lowest BCUT2D eigenvalue weighted by atomic mass is 10.0. The molecule has 2 rings (SSSR count). The third-order valence-corrected chi connectivity index (χ3v) is 2.95. The van der Waals surface area contributed by atoms with Crippen molar-refractivity contribution in [1.29, 1.82) is 0 Å². The van der Waals surface area contributed by atoms with E-state index in [0.717, 1.165) is 11.3 Å². The molecule has 1 aromatic heterocycles. The Morgan fingerprint density at radius 2 is 2.15 bits per heavy atom. The smallest absolute Gasteiger partial charge is 0.176 e. The quantitative estimate of drug-likeness (QED) is 0.565. The molecule has 0 amide bonds. The molecule has 0 bridgehead atoms. The molecule has 1 aromatic carbocycles. The molecular weight excluding hydrogens is 260 g/mol. The van der Waals surface area contributed by atoms with Gasteiger partial charge in [-0.2, -0.15) is 4.80 Å². The van der Waals surface area contributed by atoms with Crippen LogP contribution >= 0.6 is 0 Å². The first-order chi connectivity index (χ1) is 9.67. The van der Waals surface area contributed by atoms with Crippen molar-refractivity contribution in [2.45, 2.75) is 12.5 Å². The van der Waals surface area contributed by atoms with Crippen molar-refractivity contribution < 1.29 is 9.47 Å². The van der Waals surface area contributed by atoms with E-state index in [0.29, 0.717) is 18.0 Å². The number of hydrogen-bond donors (Lipinski definition) is 2. The Bertz CT molecular complexity index is 571. The molecule has 1 heterocycles. The highest BCUT2D eigenvalue weighted by Gasteiger charge is 2.18. The van der Waals surface area contributed by atoms with Crippen LogP contribution in [0, 0.1) is 0 Å². The van der Waals surface area contributed by atoms with Gasteiger partial charge in [0.15, 0.2) is 5.82 Å². The summed E-state index contributed by atoms with van der Waals surface area (Å²) >= 11 is 0. The van der Waals surface area contributed by atoms with E-state index in [4.69, 9.17) is 15.3 Å². The summed E-state index contributed by atoms with van der Waals surface area (Å²) in [5.41, 5.74) is 3.66. The van der Waals surface area contributed by atoms with E-state index in [1.807, 2.05) is 18.2 Å². The van der Waals surface area contributed by atoms with Crippen molar-refractivity contribution in [3.05, 3.63) is 29.6 Å². The van der Waals surface area contributed by atoms with Gasteiger partial charge in [-0.1, -0.05) is 6.07 Å². The fourth-order valence-corrected chi connectivity index (χ4v) is 1.95. The largest absolute Gasteiger partial charge is 0.497 e. The van der Waals surface area contributed by atoms with E-state index in [-0.39, 0.29) is 6.04 Å². The molecule has 0 aliphatic rings. The molecule has 0 aliphatic heterocycles. The fourth-order valence-electron chi connectivity index (χ4n) is 1.95. The van der Waals surface area contributed by atoms with E-state index >= 15 is 0 Å². The van der Waals surface area contributed by atoms with Crippen molar-refractivity contribution in [1.82, 2.24) is 25.6 Å². The van der Waals surface area contributed by atoms with Crippen molar-refractivity contribution >= 4 is 0 Å². The third-order valence-electron chi connectivity index (χ3n) is 2.95. The lowest BCUT2D eigenvalue weighted by molar-refractivity contribution is 0.383. The molecular formula is C12H18N6O2. The molecule has 2 aromatic rings. The van der Waals surface area contributed by atoms with Gasteiger partial charge in [0.05, 0.1) is 27.3 Å². The van der Waals surface area contributed by atoms with Crippen molar-refractivity contribution in [2.24, 2.45) is 12.9 Å². The number of hydrazine groups is 1. The molecule has 0 saturated heterocycles. The highest BCUT2D eigenvalue weighted by Crippen LogP contribution is 2.30. The van der Waals surface area contributed by atoms with Crippen LogP contribution in [0.15, 0.2) is 18.2 Å². The summed E-state index contributed by atoms with van der Waals surface area (Å²) in [5.74, 6) is 7.65. The van der Waals surface area contributed by atoms with Gasteiger partial charge >= 0.3 is 0 Å². The number of hydrogen-bond acceptors (Lipinski definition) is 7. The Morgan fingerprint density at radius 1 is 1.35 bits per heavy atom. The van der Waals surface area contributed by atoms with Gasteiger partial charge in [-0.15, -0.1) is 10.2 Å². The summed E-state index contributed by atoms with van der Waals surface area (Å²) < 4.78 is 10.6. The van der Waals surface area contributed by atoms with Gasteiger partial charge in [-0.25, -0.2) is 0 Å². The first kappa shape index (κ1) is 14.2. The van der Waals surface area contributed by atoms with Gasteiger partial charge < -0.3 is 9.47 Å². The fraction of sp³-hybridized carbons (Fsp3) is 0.417. The van der Waals surface area contributed by atoms with Crippen LogP contribution in [-0.2, 0) is 13.5 Å². The summed E-state index contributed by atoms with van der Waals surface area (Å²) in [6.07, 6.45) is 0.507. The van der Waals surface area contributed by atoms with Crippen molar-refractivity contribution in [3.8, 4) is 11.5 Å². The van der Waals surface area contributed by atoms with Crippen LogP contribution in [0.1, 0.15) is 17.4 Å². The molecule has 8 heteroatoms. The first-order valence-electron chi connectivity index (χ1n) is 6.09. The molecule has 1 atom stereocenters. The monoisotopic (exact) mass is 278 g/mol. The molecule has 0 fully saturated rings. The molecule has 108 valence electrons. The Kier molecular flexibility index (Phi) is 4.49. The van der Waals surface area contributed by atoms with Crippen LogP contribution < -0.4 is 20.7 Å². The van der Waals surface area contributed by atoms with Crippen LogP contribution in [0.5, 0.6) is 11.5 Å². The van der Waals surface area contributed by atoms with Crippen LogP contribution in [0.25, 0.3) is 0 Å². The second-order valence-electron chi connectivity index (χ2n) is 4.23. The van der Waals surface area contributed by atoms with Gasteiger partial charge in [0.25, 0.3) is 0 Å². The molecule has 0 spiro atoms. The third kappa shape index (κ3) is 3.03. The average molecular weight is 278 g/mol. The van der Waals surface area contributed by atoms with Crippen molar-refractivity contribution in [3.63, 3.8) is 0 Å². The minimum atomic E-state index is -0.181. The molecule has 8 nitrogen and oxygen atoms in total. The van der Waals surface area contributed by atoms with Crippen LogP contribution in [0.3, 0.4) is 0 Å². The number of nitrogens with one attached hydrogen (secondary N) is 1. The summed E-state index contributed by atoms with van der Waals surface area (Å²) in [5, 5.41) is 11.9. The normalized spacial score (nSPS) is 12.2. The molecule has 0 radical (unpaired) electrons. The number of tetrazole rings is 1. The Morgan fingerprint density at radius 3 is 2.70 bits per heavy atom. The molecule has 3 N–H and O–H groups in total. The number of methoxy groups -OCH3 is 2. The molecule has 0 aliphatic carbocycles. The van der Waals surface area contributed by atoms with E-state index in [2.05, 4.69) is 20.8 Å². The zero-order valence-electron chi connectivity index (χ0n) is 11.7. The van der Waals surface area contributed by atoms with Gasteiger partial charge in [0.1, 0.15) is 11.5 Å². The topological polar surface area (TPSA) is 100 Å². The van der Waals surface area contributed by atoms with Gasteiger partial charge in [0, 0.05) is 18.1 Å².